The maximum Gasteiger partial charge on any atom is 0.274 e. The zero-order valence-corrected chi connectivity index (χ0v) is 10.7. The van der Waals surface area contributed by atoms with E-state index in [9.17, 15) is 9.18 Å². The molecule has 1 aromatic carbocycles. The molecule has 2 rings (SSSR count). The minimum Gasteiger partial charge on any atom is -0.397 e. The summed E-state index contributed by atoms with van der Waals surface area (Å²) in [4.78, 5) is 15.8. The highest BCUT2D eigenvalue weighted by atomic mass is 79.9. The van der Waals surface area contributed by atoms with Crippen LogP contribution in [0.5, 0.6) is 0 Å². The molecule has 1 heterocycles. The van der Waals surface area contributed by atoms with Crippen LogP contribution in [0.4, 0.5) is 15.8 Å². The third kappa shape index (κ3) is 2.84. The molecule has 92 valence electrons. The first-order valence-corrected chi connectivity index (χ1v) is 5.83. The lowest BCUT2D eigenvalue weighted by Gasteiger charge is -2.07. The molecule has 6 heteroatoms. The first-order valence-electron chi connectivity index (χ1n) is 5.04. The fourth-order valence-corrected chi connectivity index (χ4v) is 1.58. The van der Waals surface area contributed by atoms with Gasteiger partial charge in [0.05, 0.1) is 11.4 Å². The number of hydrogen-bond donors (Lipinski definition) is 2. The highest BCUT2D eigenvalue weighted by Gasteiger charge is 2.09. The van der Waals surface area contributed by atoms with Crippen molar-refractivity contribution in [2.45, 2.75) is 0 Å². The Bertz CT molecular complexity index is 586. The molecule has 18 heavy (non-hydrogen) atoms. The molecule has 0 unspecified atom stereocenters. The maximum absolute atomic E-state index is 12.8. The van der Waals surface area contributed by atoms with Crippen LogP contribution in [0.1, 0.15) is 10.5 Å². The van der Waals surface area contributed by atoms with Crippen molar-refractivity contribution >= 4 is 33.2 Å². The van der Waals surface area contributed by atoms with E-state index in [-0.39, 0.29) is 11.4 Å². The molecular weight excluding hydrogens is 301 g/mol. The summed E-state index contributed by atoms with van der Waals surface area (Å²) in [5.41, 5.74) is 6.36. The van der Waals surface area contributed by atoms with Gasteiger partial charge in [-0.15, -0.1) is 0 Å². The average molecular weight is 310 g/mol. The van der Waals surface area contributed by atoms with Gasteiger partial charge in [0, 0.05) is 10.7 Å². The van der Waals surface area contributed by atoms with Crippen molar-refractivity contribution < 1.29 is 9.18 Å². The van der Waals surface area contributed by atoms with Crippen molar-refractivity contribution in [2.24, 2.45) is 0 Å². The predicted molar refractivity (Wildman–Crippen MR) is 70.7 cm³/mol. The summed E-state index contributed by atoms with van der Waals surface area (Å²) in [6, 6.07) is 7.04. The lowest BCUT2D eigenvalue weighted by molar-refractivity contribution is 0.102. The van der Waals surface area contributed by atoms with Gasteiger partial charge in [0.15, 0.2) is 0 Å². The Morgan fingerprint density at radius 3 is 2.72 bits per heavy atom. The van der Waals surface area contributed by atoms with Crippen LogP contribution in [0, 0.1) is 5.82 Å². The van der Waals surface area contributed by atoms with Crippen molar-refractivity contribution in [1.82, 2.24) is 4.98 Å². The molecule has 0 aliphatic heterocycles. The van der Waals surface area contributed by atoms with Gasteiger partial charge in [-0.25, -0.2) is 9.37 Å². The highest BCUT2D eigenvalue weighted by molar-refractivity contribution is 9.10. The van der Waals surface area contributed by atoms with Crippen LogP contribution in [-0.2, 0) is 0 Å². The Balaban J connectivity index is 2.18. The number of nitrogen functional groups attached to an aromatic ring is 1. The van der Waals surface area contributed by atoms with Crippen LogP contribution in [-0.4, -0.2) is 10.9 Å². The lowest BCUT2D eigenvalue weighted by atomic mass is 10.2. The molecule has 0 radical (unpaired) electrons. The third-order valence-electron chi connectivity index (χ3n) is 2.22. The summed E-state index contributed by atoms with van der Waals surface area (Å²) >= 11 is 3.23. The zero-order chi connectivity index (χ0) is 13.1. The summed E-state index contributed by atoms with van der Waals surface area (Å²) in [5, 5.41) is 2.56. The second-order valence-corrected chi connectivity index (χ2v) is 4.46. The number of amides is 1. The summed E-state index contributed by atoms with van der Waals surface area (Å²) in [6.45, 7) is 0. The van der Waals surface area contributed by atoms with Crippen LogP contribution < -0.4 is 11.1 Å². The van der Waals surface area contributed by atoms with Gasteiger partial charge in [-0.2, -0.15) is 0 Å². The molecule has 0 fully saturated rings. The minimum absolute atomic E-state index is 0.167. The van der Waals surface area contributed by atoms with E-state index in [1.165, 1.54) is 18.3 Å². The number of carbonyl (C=O) groups is 1. The first-order chi connectivity index (χ1) is 8.56. The third-order valence-corrected chi connectivity index (χ3v) is 2.69. The second kappa shape index (κ2) is 5.14. The Labute approximate surface area is 111 Å². The van der Waals surface area contributed by atoms with Gasteiger partial charge < -0.3 is 11.1 Å². The molecule has 4 nitrogen and oxygen atoms in total. The van der Waals surface area contributed by atoms with E-state index in [2.05, 4.69) is 26.2 Å². The lowest BCUT2D eigenvalue weighted by Crippen LogP contribution is -2.14. The van der Waals surface area contributed by atoms with Crippen molar-refractivity contribution in [2.75, 3.05) is 11.1 Å². The summed E-state index contributed by atoms with van der Waals surface area (Å²) in [6.07, 6.45) is 1.52. The van der Waals surface area contributed by atoms with E-state index >= 15 is 0 Å². The number of hydrogen-bond acceptors (Lipinski definition) is 3. The Morgan fingerprint density at radius 2 is 2.11 bits per heavy atom. The molecule has 0 saturated carbocycles. The van der Waals surface area contributed by atoms with E-state index in [1.54, 1.807) is 12.1 Å². The Kier molecular flexibility index (Phi) is 3.57. The summed E-state index contributed by atoms with van der Waals surface area (Å²) < 4.78 is 13.6. The number of nitrogens with one attached hydrogen (secondary N) is 1. The quantitative estimate of drug-likeness (QED) is 0.838. The molecule has 3 N–H and O–H groups in total. The predicted octanol–water partition coefficient (Wildman–Crippen LogP) is 2.82. The van der Waals surface area contributed by atoms with Crippen molar-refractivity contribution in [3.63, 3.8) is 0 Å². The van der Waals surface area contributed by atoms with Crippen LogP contribution in [0.3, 0.4) is 0 Å². The first kappa shape index (κ1) is 12.5. The SMILES string of the molecule is Nc1cc(F)ccc1NC(=O)c1ccc(Br)cn1. The number of benzene rings is 1. The average Bonchev–Trinajstić information content (AvgIpc) is 2.33. The number of rotatable bonds is 2. The molecular formula is C12H9BrFN3O. The van der Waals surface area contributed by atoms with E-state index in [0.717, 1.165) is 10.5 Å². The standard InChI is InChI=1S/C12H9BrFN3O/c13-7-1-3-11(16-6-7)12(18)17-10-4-2-8(14)5-9(10)15/h1-6H,15H2,(H,17,18). The van der Waals surface area contributed by atoms with E-state index < -0.39 is 11.7 Å². The number of carbonyl (C=O) groups excluding carboxylic acids is 1. The van der Waals surface area contributed by atoms with Gasteiger partial charge in [0.2, 0.25) is 0 Å². The van der Waals surface area contributed by atoms with E-state index in [0.29, 0.717) is 5.69 Å². The maximum atomic E-state index is 12.8. The van der Waals surface area contributed by atoms with E-state index in [1.807, 2.05) is 0 Å². The number of nitrogens with two attached hydrogens (primary N) is 1. The molecule has 2 aromatic rings. The van der Waals surface area contributed by atoms with Crippen LogP contribution in [0.2, 0.25) is 0 Å². The molecule has 0 aliphatic carbocycles. The smallest absolute Gasteiger partial charge is 0.274 e. The van der Waals surface area contributed by atoms with E-state index in [4.69, 9.17) is 5.73 Å². The number of aromatic nitrogens is 1. The summed E-state index contributed by atoms with van der Waals surface area (Å²) in [5.74, 6) is -0.854. The fourth-order valence-electron chi connectivity index (χ4n) is 1.34. The van der Waals surface area contributed by atoms with Gasteiger partial charge in [-0.05, 0) is 46.3 Å². The van der Waals surface area contributed by atoms with Crippen LogP contribution in [0.15, 0.2) is 41.0 Å². The normalized spacial score (nSPS) is 10.1. The van der Waals surface area contributed by atoms with Gasteiger partial charge >= 0.3 is 0 Å². The molecule has 0 saturated heterocycles. The molecule has 0 aliphatic rings. The Hall–Kier alpha value is -1.95. The van der Waals surface area contributed by atoms with Crippen LogP contribution in [0.25, 0.3) is 0 Å². The van der Waals surface area contributed by atoms with Crippen molar-refractivity contribution in [3.05, 3.63) is 52.5 Å². The van der Waals surface area contributed by atoms with Gasteiger partial charge in [0.1, 0.15) is 11.5 Å². The number of nitrogens with zero attached hydrogens (tertiary/aromatic N) is 1. The zero-order valence-electron chi connectivity index (χ0n) is 9.15. The number of anilines is 2. The fraction of sp³-hybridized carbons (Fsp3) is 0. The highest BCUT2D eigenvalue weighted by Crippen LogP contribution is 2.19. The number of halogens is 2. The van der Waals surface area contributed by atoms with Gasteiger partial charge in [0.25, 0.3) is 5.91 Å². The molecule has 1 amide bonds. The largest absolute Gasteiger partial charge is 0.397 e. The summed E-state index contributed by atoms with van der Waals surface area (Å²) in [7, 11) is 0. The Morgan fingerprint density at radius 1 is 1.33 bits per heavy atom. The monoisotopic (exact) mass is 309 g/mol. The topological polar surface area (TPSA) is 68.0 Å². The van der Waals surface area contributed by atoms with Gasteiger partial charge in [-0.1, -0.05) is 0 Å². The molecule has 0 spiro atoms. The van der Waals surface area contributed by atoms with Crippen LogP contribution >= 0.6 is 15.9 Å². The minimum atomic E-state index is -0.452. The number of pyridine rings is 1. The van der Waals surface area contributed by atoms with Crippen molar-refractivity contribution in [3.8, 4) is 0 Å². The second-order valence-electron chi connectivity index (χ2n) is 3.55. The van der Waals surface area contributed by atoms with Gasteiger partial charge in [-0.3, -0.25) is 4.79 Å². The molecule has 0 atom stereocenters. The molecule has 1 aromatic heterocycles. The van der Waals surface area contributed by atoms with Crippen molar-refractivity contribution in [1.29, 1.82) is 0 Å². The molecule has 0 bridgehead atoms.